The van der Waals surface area contributed by atoms with Gasteiger partial charge in [-0.2, -0.15) is 5.21 Å². The summed E-state index contributed by atoms with van der Waals surface area (Å²) in [7, 11) is 0. The van der Waals surface area contributed by atoms with Crippen molar-refractivity contribution in [2.24, 2.45) is 5.41 Å². The maximum absolute atomic E-state index is 12.1. The number of rotatable bonds is 2. The fraction of sp³-hybridized carbons (Fsp3) is 0.538. The number of hydrogen-bond donors (Lipinski definition) is 2. The number of nitrogens with one attached hydrogen (secondary N) is 2. The summed E-state index contributed by atoms with van der Waals surface area (Å²) in [5, 5.41) is 16.0. The van der Waals surface area contributed by atoms with Crippen LogP contribution in [0.3, 0.4) is 0 Å². The summed E-state index contributed by atoms with van der Waals surface area (Å²) in [6.07, 6.45) is 1.73. The zero-order chi connectivity index (χ0) is 14.3. The van der Waals surface area contributed by atoms with Crippen LogP contribution in [0.5, 0.6) is 0 Å². The van der Waals surface area contributed by atoms with Gasteiger partial charge in [-0.25, -0.2) is 0 Å². The fourth-order valence-electron chi connectivity index (χ4n) is 2.79. The first-order valence-corrected chi connectivity index (χ1v) is 6.58. The third-order valence-electron chi connectivity index (χ3n) is 3.59. The van der Waals surface area contributed by atoms with Gasteiger partial charge in [0.2, 0.25) is 0 Å². The summed E-state index contributed by atoms with van der Waals surface area (Å²) in [4.78, 5) is 12.1. The first kappa shape index (κ1) is 12.8. The van der Waals surface area contributed by atoms with Crippen molar-refractivity contribution in [3.63, 3.8) is 0 Å². The Morgan fingerprint density at radius 3 is 3.05 bits per heavy atom. The van der Waals surface area contributed by atoms with Gasteiger partial charge in [-0.3, -0.25) is 4.79 Å². The molecular weight excluding hydrogens is 258 g/mol. The first-order valence-electron chi connectivity index (χ1n) is 6.58. The van der Waals surface area contributed by atoms with Crippen LogP contribution in [0.2, 0.25) is 0 Å². The summed E-state index contributed by atoms with van der Waals surface area (Å²) >= 11 is 0. The standard InChI is InChI=1S/C13H17N5O2/c1-7-4-8-9(5-13(2,3)6-10(8)20-7)14-12(19)11-15-17-18-16-11/h4,9H,5-6H2,1-3H3,(H,14,19)(H,15,16,17,18). The lowest BCUT2D eigenvalue weighted by Gasteiger charge is -2.34. The Morgan fingerprint density at radius 2 is 2.35 bits per heavy atom. The Kier molecular flexibility index (Phi) is 2.84. The van der Waals surface area contributed by atoms with Gasteiger partial charge in [-0.1, -0.05) is 13.8 Å². The lowest BCUT2D eigenvalue weighted by Crippen LogP contribution is -2.36. The van der Waals surface area contributed by atoms with Crippen LogP contribution in [0.4, 0.5) is 0 Å². The third-order valence-corrected chi connectivity index (χ3v) is 3.59. The van der Waals surface area contributed by atoms with E-state index in [0.717, 1.165) is 29.9 Å². The summed E-state index contributed by atoms with van der Waals surface area (Å²) in [5.74, 6) is 1.55. The Morgan fingerprint density at radius 1 is 1.55 bits per heavy atom. The number of aromatic amines is 1. The average molecular weight is 275 g/mol. The van der Waals surface area contributed by atoms with Gasteiger partial charge in [0.25, 0.3) is 11.7 Å². The van der Waals surface area contributed by atoms with Crippen molar-refractivity contribution < 1.29 is 9.21 Å². The molecular formula is C13H17N5O2. The topological polar surface area (TPSA) is 96.7 Å². The fourth-order valence-corrected chi connectivity index (χ4v) is 2.79. The number of H-pyrrole nitrogens is 1. The maximum Gasteiger partial charge on any atom is 0.293 e. The molecule has 2 aromatic heterocycles. The number of furan rings is 1. The van der Waals surface area contributed by atoms with E-state index in [0.29, 0.717) is 0 Å². The molecule has 0 aromatic carbocycles. The predicted molar refractivity (Wildman–Crippen MR) is 69.9 cm³/mol. The molecule has 2 heterocycles. The zero-order valence-corrected chi connectivity index (χ0v) is 11.7. The van der Waals surface area contributed by atoms with Crippen molar-refractivity contribution in [2.75, 3.05) is 0 Å². The van der Waals surface area contributed by atoms with Gasteiger partial charge in [0.15, 0.2) is 0 Å². The first-order chi connectivity index (χ1) is 9.44. The molecule has 7 heteroatoms. The van der Waals surface area contributed by atoms with E-state index in [2.05, 4.69) is 39.8 Å². The Balaban J connectivity index is 1.87. The molecule has 0 radical (unpaired) electrons. The Hall–Kier alpha value is -2.18. The van der Waals surface area contributed by atoms with E-state index in [1.807, 2.05) is 13.0 Å². The molecule has 0 fully saturated rings. The number of tetrazole rings is 1. The van der Waals surface area contributed by atoms with Crippen molar-refractivity contribution in [1.82, 2.24) is 25.9 Å². The Labute approximate surface area is 116 Å². The van der Waals surface area contributed by atoms with Crippen LogP contribution in [-0.4, -0.2) is 26.5 Å². The summed E-state index contributed by atoms with van der Waals surface area (Å²) in [6.45, 7) is 6.26. The van der Waals surface area contributed by atoms with Gasteiger partial charge in [0.05, 0.1) is 6.04 Å². The molecule has 1 aliphatic carbocycles. The number of hydrogen-bond acceptors (Lipinski definition) is 5. The number of fused-ring (bicyclic) bond motifs is 1. The highest BCUT2D eigenvalue weighted by Gasteiger charge is 2.36. The molecule has 2 aromatic rings. The van der Waals surface area contributed by atoms with Crippen LogP contribution in [-0.2, 0) is 6.42 Å². The average Bonchev–Trinajstić information content (AvgIpc) is 2.95. The van der Waals surface area contributed by atoms with Crippen molar-refractivity contribution in [2.45, 2.75) is 39.7 Å². The van der Waals surface area contributed by atoms with Gasteiger partial charge in [-0.05, 0) is 30.0 Å². The molecule has 1 atom stereocenters. The van der Waals surface area contributed by atoms with Crippen LogP contribution < -0.4 is 5.32 Å². The molecule has 20 heavy (non-hydrogen) atoms. The number of amides is 1. The Bertz CT molecular complexity index is 629. The molecule has 2 N–H and O–H groups in total. The monoisotopic (exact) mass is 275 g/mol. The van der Waals surface area contributed by atoms with Crippen LogP contribution in [0.25, 0.3) is 0 Å². The molecule has 7 nitrogen and oxygen atoms in total. The molecule has 106 valence electrons. The van der Waals surface area contributed by atoms with Gasteiger partial charge in [-0.15, -0.1) is 10.2 Å². The van der Waals surface area contributed by atoms with Crippen LogP contribution >= 0.6 is 0 Å². The van der Waals surface area contributed by atoms with E-state index in [-0.39, 0.29) is 23.2 Å². The second kappa shape index (κ2) is 4.43. The van der Waals surface area contributed by atoms with Gasteiger partial charge in [0.1, 0.15) is 11.5 Å². The molecule has 0 bridgehead atoms. The van der Waals surface area contributed by atoms with Gasteiger partial charge >= 0.3 is 0 Å². The largest absolute Gasteiger partial charge is 0.466 e. The SMILES string of the molecule is Cc1cc2c(o1)CC(C)(C)CC2NC(=O)c1nn[nH]n1. The molecule has 0 aliphatic heterocycles. The lowest BCUT2D eigenvalue weighted by atomic mass is 9.74. The normalized spacial score (nSPS) is 20.4. The van der Waals surface area contributed by atoms with Crippen molar-refractivity contribution in [3.8, 4) is 0 Å². The number of nitrogens with zero attached hydrogens (tertiary/aromatic N) is 3. The van der Waals surface area contributed by atoms with Crippen molar-refractivity contribution >= 4 is 5.91 Å². The minimum absolute atomic E-state index is 0.0511. The summed E-state index contributed by atoms with van der Waals surface area (Å²) < 4.78 is 5.74. The minimum Gasteiger partial charge on any atom is -0.466 e. The maximum atomic E-state index is 12.1. The number of aryl methyl sites for hydroxylation is 1. The van der Waals surface area contributed by atoms with E-state index in [1.165, 1.54) is 0 Å². The lowest BCUT2D eigenvalue weighted by molar-refractivity contribution is 0.0907. The smallest absolute Gasteiger partial charge is 0.293 e. The number of carbonyl (C=O) groups excluding carboxylic acids is 1. The highest BCUT2D eigenvalue weighted by Crippen LogP contribution is 2.42. The molecule has 0 spiro atoms. The molecule has 0 saturated carbocycles. The third kappa shape index (κ3) is 2.31. The number of aromatic nitrogens is 4. The van der Waals surface area contributed by atoms with E-state index < -0.39 is 0 Å². The second-order valence-electron chi connectivity index (χ2n) is 6.04. The van der Waals surface area contributed by atoms with Crippen LogP contribution in [0, 0.1) is 12.3 Å². The highest BCUT2D eigenvalue weighted by atomic mass is 16.3. The predicted octanol–water partition coefficient (Wildman–Crippen LogP) is 1.54. The summed E-state index contributed by atoms with van der Waals surface area (Å²) in [5.41, 5.74) is 1.13. The molecule has 1 amide bonds. The molecule has 1 unspecified atom stereocenters. The van der Waals surface area contributed by atoms with Gasteiger partial charge < -0.3 is 9.73 Å². The van der Waals surface area contributed by atoms with E-state index in [1.54, 1.807) is 0 Å². The summed E-state index contributed by atoms with van der Waals surface area (Å²) in [6, 6.07) is 1.91. The minimum atomic E-state index is -0.328. The zero-order valence-electron chi connectivity index (χ0n) is 11.7. The number of carbonyl (C=O) groups is 1. The molecule has 3 rings (SSSR count). The van der Waals surface area contributed by atoms with Gasteiger partial charge in [0, 0.05) is 12.0 Å². The van der Waals surface area contributed by atoms with E-state index >= 15 is 0 Å². The van der Waals surface area contributed by atoms with E-state index in [4.69, 9.17) is 4.42 Å². The van der Waals surface area contributed by atoms with Crippen molar-refractivity contribution in [3.05, 3.63) is 29.0 Å². The highest BCUT2D eigenvalue weighted by molar-refractivity contribution is 5.90. The quantitative estimate of drug-likeness (QED) is 0.866. The van der Waals surface area contributed by atoms with E-state index in [9.17, 15) is 4.79 Å². The molecule has 0 saturated heterocycles. The van der Waals surface area contributed by atoms with Crippen molar-refractivity contribution in [1.29, 1.82) is 0 Å². The second-order valence-corrected chi connectivity index (χ2v) is 6.04. The molecule has 1 aliphatic rings. The van der Waals surface area contributed by atoms with Crippen LogP contribution in [0.1, 0.15) is 54.0 Å². The van der Waals surface area contributed by atoms with Crippen LogP contribution in [0.15, 0.2) is 10.5 Å².